The highest BCUT2D eigenvalue weighted by molar-refractivity contribution is 5.37. The van der Waals surface area contributed by atoms with Crippen LogP contribution in [0.1, 0.15) is 58.6 Å². The van der Waals surface area contributed by atoms with Crippen molar-refractivity contribution >= 4 is 0 Å². The highest BCUT2D eigenvalue weighted by atomic mass is 16.5. The van der Waals surface area contributed by atoms with Gasteiger partial charge in [-0.1, -0.05) is 41.2 Å². The second-order valence-electron chi connectivity index (χ2n) is 4.22. The van der Waals surface area contributed by atoms with Gasteiger partial charge in [0, 0.05) is 0 Å². The maximum absolute atomic E-state index is 5.63. The van der Waals surface area contributed by atoms with Gasteiger partial charge in [0.25, 0.3) is 0 Å². The summed E-state index contributed by atoms with van der Waals surface area (Å²) in [6.07, 6.45) is 2.14. The van der Waals surface area contributed by atoms with Gasteiger partial charge in [0.1, 0.15) is 5.75 Å². The number of benzene rings is 1. The molecular formula is C15H26O. The van der Waals surface area contributed by atoms with Gasteiger partial charge in [-0.15, -0.1) is 0 Å². The summed E-state index contributed by atoms with van der Waals surface area (Å²) in [4.78, 5) is 0. The van der Waals surface area contributed by atoms with Crippen LogP contribution in [0.2, 0.25) is 0 Å². The zero-order chi connectivity index (χ0) is 11.3. The van der Waals surface area contributed by atoms with Crippen molar-refractivity contribution in [1.29, 1.82) is 0 Å². The van der Waals surface area contributed by atoms with Crippen molar-refractivity contribution < 1.29 is 4.74 Å². The zero-order valence-corrected chi connectivity index (χ0v) is 10.3. The molecule has 0 saturated carbocycles. The first-order chi connectivity index (χ1) is 7.19. The van der Waals surface area contributed by atoms with E-state index in [9.17, 15) is 0 Å². The normalized spacial score (nSPS) is 10.1. The van der Waals surface area contributed by atoms with Crippen LogP contribution in [0.25, 0.3) is 0 Å². The van der Waals surface area contributed by atoms with Crippen LogP contribution in [-0.4, -0.2) is 6.61 Å². The molecule has 0 aliphatic rings. The minimum absolute atomic E-state index is 0. The van der Waals surface area contributed by atoms with Crippen LogP contribution >= 0.6 is 0 Å². The van der Waals surface area contributed by atoms with Crippen LogP contribution in [0.15, 0.2) is 18.2 Å². The molecule has 0 atom stereocenters. The highest BCUT2D eigenvalue weighted by Crippen LogP contribution is 2.24. The van der Waals surface area contributed by atoms with Crippen LogP contribution in [0.4, 0.5) is 0 Å². The maximum atomic E-state index is 5.63. The topological polar surface area (TPSA) is 9.23 Å². The number of aryl methyl sites for hydroxylation is 1. The molecule has 0 aliphatic carbocycles. The second kappa shape index (κ2) is 7.32. The highest BCUT2D eigenvalue weighted by Gasteiger charge is 2.06. The molecule has 0 heterocycles. The first-order valence-corrected chi connectivity index (χ1v) is 5.94. The number of rotatable bonds is 5. The van der Waals surface area contributed by atoms with E-state index in [0.29, 0.717) is 5.92 Å². The Balaban J connectivity index is 0.00000225. The number of hydrogen-bond donors (Lipinski definition) is 0. The van der Waals surface area contributed by atoms with Gasteiger partial charge >= 0.3 is 0 Å². The summed E-state index contributed by atoms with van der Waals surface area (Å²) in [6.45, 7) is 9.61. The Morgan fingerprint density at radius 2 is 1.88 bits per heavy atom. The van der Waals surface area contributed by atoms with Gasteiger partial charge in [-0.05, 0) is 42.0 Å². The summed E-state index contributed by atoms with van der Waals surface area (Å²) < 4.78 is 5.63. The van der Waals surface area contributed by atoms with E-state index in [4.69, 9.17) is 4.74 Å². The van der Waals surface area contributed by atoms with Gasteiger partial charge in [0.15, 0.2) is 0 Å². The lowest BCUT2D eigenvalue weighted by Crippen LogP contribution is -1.99. The fraction of sp³-hybridized carbons (Fsp3) is 0.600. The molecule has 16 heavy (non-hydrogen) atoms. The summed E-state index contributed by atoms with van der Waals surface area (Å²) in [5.41, 5.74) is 2.86. The smallest absolute Gasteiger partial charge is 0.119 e. The third-order valence-electron chi connectivity index (χ3n) is 2.59. The molecule has 1 aromatic rings. The van der Waals surface area contributed by atoms with Gasteiger partial charge in [-0.3, -0.25) is 0 Å². The number of ether oxygens (including phenoxy) is 1. The van der Waals surface area contributed by atoms with E-state index in [-0.39, 0.29) is 7.43 Å². The van der Waals surface area contributed by atoms with Gasteiger partial charge in [0.2, 0.25) is 0 Å². The van der Waals surface area contributed by atoms with Crippen molar-refractivity contribution in [3.05, 3.63) is 29.3 Å². The van der Waals surface area contributed by atoms with Crippen molar-refractivity contribution in [1.82, 2.24) is 0 Å². The summed E-state index contributed by atoms with van der Waals surface area (Å²) in [7, 11) is 0. The average Bonchev–Trinajstić information content (AvgIpc) is 2.25. The van der Waals surface area contributed by atoms with Crippen LogP contribution < -0.4 is 4.74 Å². The largest absolute Gasteiger partial charge is 0.494 e. The molecule has 0 aromatic heterocycles. The molecule has 0 saturated heterocycles. The van der Waals surface area contributed by atoms with Gasteiger partial charge in [-0.2, -0.15) is 0 Å². The van der Waals surface area contributed by atoms with Crippen molar-refractivity contribution in [2.24, 2.45) is 0 Å². The minimum atomic E-state index is 0. The average molecular weight is 222 g/mol. The number of hydrogen-bond acceptors (Lipinski definition) is 1. The molecular weight excluding hydrogens is 196 g/mol. The SMILES string of the molecule is C.CCCOc1ccc(C(C)C)c(CC)c1. The van der Waals surface area contributed by atoms with E-state index in [2.05, 4.69) is 45.9 Å². The van der Waals surface area contributed by atoms with Crippen LogP contribution in [0, 0.1) is 0 Å². The van der Waals surface area contributed by atoms with Crippen molar-refractivity contribution in [3.63, 3.8) is 0 Å². The third-order valence-corrected chi connectivity index (χ3v) is 2.59. The molecule has 0 amide bonds. The molecule has 0 aliphatic heterocycles. The lowest BCUT2D eigenvalue weighted by atomic mass is 9.95. The standard InChI is InChI=1S/C14H22O.CH4/c1-5-9-15-13-7-8-14(11(3)4)12(6-2)10-13;/h7-8,10-11H,5-6,9H2,1-4H3;1H4. The monoisotopic (exact) mass is 222 g/mol. The maximum Gasteiger partial charge on any atom is 0.119 e. The van der Waals surface area contributed by atoms with E-state index in [0.717, 1.165) is 25.2 Å². The van der Waals surface area contributed by atoms with Crippen LogP contribution in [-0.2, 0) is 6.42 Å². The fourth-order valence-corrected chi connectivity index (χ4v) is 1.76. The Morgan fingerprint density at radius 1 is 1.19 bits per heavy atom. The summed E-state index contributed by atoms with van der Waals surface area (Å²) in [6, 6.07) is 6.48. The third kappa shape index (κ3) is 3.88. The summed E-state index contributed by atoms with van der Waals surface area (Å²) in [5, 5.41) is 0. The molecule has 1 nitrogen and oxygen atoms in total. The van der Waals surface area contributed by atoms with E-state index in [1.807, 2.05) is 0 Å². The Morgan fingerprint density at radius 3 is 2.38 bits per heavy atom. The van der Waals surface area contributed by atoms with E-state index in [1.165, 1.54) is 11.1 Å². The minimum Gasteiger partial charge on any atom is -0.494 e. The van der Waals surface area contributed by atoms with Gasteiger partial charge in [0.05, 0.1) is 6.61 Å². The van der Waals surface area contributed by atoms with Crippen LogP contribution in [0.3, 0.4) is 0 Å². The predicted octanol–water partition coefficient (Wildman–Crippen LogP) is 4.80. The summed E-state index contributed by atoms with van der Waals surface area (Å²) >= 11 is 0. The lowest BCUT2D eigenvalue weighted by Gasteiger charge is -2.13. The molecule has 0 fully saturated rings. The quantitative estimate of drug-likeness (QED) is 0.695. The first-order valence-electron chi connectivity index (χ1n) is 5.94. The van der Waals surface area contributed by atoms with Crippen LogP contribution in [0.5, 0.6) is 5.75 Å². The Bertz CT molecular complexity index is 302. The molecule has 0 unspecified atom stereocenters. The lowest BCUT2D eigenvalue weighted by molar-refractivity contribution is 0.317. The molecule has 1 aromatic carbocycles. The molecule has 1 heteroatoms. The van der Waals surface area contributed by atoms with E-state index < -0.39 is 0 Å². The molecule has 0 radical (unpaired) electrons. The summed E-state index contributed by atoms with van der Waals surface area (Å²) in [5.74, 6) is 1.61. The molecule has 0 bridgehead atoms. The van der Waals surface area contributed by atoms with E-state index in [1.54, 1.807) is 0 Å². The van der Waals surface area contributed by atoms with Gasteiger partial charge in [-0.25, -0.2) is 0 Å². The Labute approximate surface area is 101 Å². The molecule has 0 N–H and O–H groups in total. The van der Waals surface area contributed by atoms with Crippen molar-refractivity contribution in [3.8, 4) is 5.75 Å². The molecule has 92 valence electrons. The first kappa shape index (κ1) is 15.0. The predicted molar refractivity (Wildman–Crippen MR) is 72.4 cm³/mol. The van der Waals surface area contributed by atoms with E-state index >= 15 is 0 Å². The Kier molecular flexibility index (Phi) is 6.87. The Hall–Kier alpha value is -0.980. The second-order valence-corrected chi connectivity index (χ2v) is 4.22. The van der Waals surface area contributed by atoms with Gasteiger partial charge < -0.3 is 4.74 Å². The van der Waals surface area contributed by atoms with Crippen molar-refractivity contribution in [2.75, 3.05) is 6.61 Å². The molecule has 0 spiro atoms. The zero-order valence-electron chi connectivity index (χ0n) is 10.3. The fourth-order valence-electron chi connectivity index (χ4n) is 1.76. The van der Waals surface area contributed by atoms with Crippen molar-refractivity contribution in [2.45, 2.75) is 53.9 Å². The molecule has 1 rings (SSSR count).